The molecule has 0 saturated carbocycles. The largest absolute Gasteiger partial charge is 0.432 e. The van der Waals surface area contributed by atoms with Crippen LogP contribution in [0.15, 0.2) is 12.5 Å². The lowest BCUT2D eigenvalue weighted by atomic mass is 9.97. The van der Waals surface area contributed by atoms with Gasteiger partial charge in [-0.05, 0) is 25.8 Å². The Morgan fingerprint density at radius 1 is 1.33 bits per heavy atom. The summed E-state index contributed by atoms with van der Waals surface area (Å²) in [5.74, 6) is 1.30. The average Bonchev–Trinajstić information content (AvgIpc) is 3.18. The molecule has 9 heteroatoms. The van der Waals surface area contributed by atoms with Gasteiger partial charge < -0.3 is 4.98 Å². The van der Waals surface area contributed by atoms with E-state index in [-0.39, 0.29) is 5.92 Å². The number of aryl methyl sites for hydroxylation is 1. The number of hydrogen-bond acceptors (Lipinski definition) is 4. The van der Waals surface area contributed by atoms with Gasteiger partial charge >= 0.3 is 6.18 Å². The van der Waals surface area contributed by atoms with Crippen molar-refractivity contribution in [2.24, 2.45) is 0 Å². The standard InChI is InChI=1S/C15H21F3N6/c1-2-5-24-13(20-10-21-24)9-23-6-3-4-11(8-23)14-19-7-12(22-14)15(16,17)18/h7,10-11H,2-6,8-9H2,1H3,(H,19,22)/t11-/m1/s1. The molecule has 132 valence electrons. The number of rotatable bonds is 5. The van der Waals surface area contributed by atoms with Crippen LogP contribution in [0.25, 0.3) is 0 Å². The lowest BCUT2D eigenvalue weighted by molar-refractivity contribution is -0.141. The Kier molecular flexibility index (Phi) is 4.88. The highest BCUT2D eigenvalue weighted by Crippen LogP contribution is 2.31. The highest BCUT2D eigenvalue weighted by molar-refractivity contribution is 5.09. The van der Waals surface area contributed by atoms with Crippen molar-refractivity contribution in [2.45, 2.75) is 51.4 Å². The molecule has 0 unspecified atom stereocenters. The van der Waals surface area contributed by atoms with Crippen molar-refractivity contribution in [3.63, 3.8) is 0 Å². The third kappa shape index (κ3) is 3.77. The first-order valence-corrected chi connectivity index (χ1v) is 8.18. The van der Waals surface area contributed by atoms with Gasteiger partial charge in [0.05, 0.1) is 12.7 Å². The zero-order chi connectivity index (χ0) is 17.2. The molecule has 1 aliphatic heterocycles. The van der Waals surface area contributed by atoms with Gasteiger partial charge in [-0.3, -0.25) is 4.90 Å². The molecule has 2 aromatic rings. The molecule has 3 heterocycles. The second kappa shape index (κ2) is 6.92. The zero-order valence-electron chi connectivity index (χ0n) is 13.6. The summed E-state index contributed by atoms with van der Waals surface area (Å²) in [5.41, 5.74) is -0.780. The Hall–Kier alpha value is -1.90. The molecule has 6 nitrogen and oxygen atoms in total. The van der Waals surface area contributed by atoms with Crippen LogP contribution in [0.3, 0.4) is 0 Å². The van der Waals surface area contributed by atoms with Crippen LogP contribution in [-0.2, 0) is 19.3 Å². The minimum atomic E-state index is -4.38. The van der Waals surface area contributed by atoms with Gasteiger partial charge in [-0.1, -0.05) is 6.92 Å². The predicted octanol–water partition coefficient (Wildman–Crippen LogP) is 2.81. The number of aromatic nitrogens is 5. The summed E-state index contributed by atoms with van der Waals surface area (Å²) >= 11 is 0. The van der Waals surface area contributed by atoms with E-state index >= 15 is 0 Å². The molecule has 1 atom stereocenters. The lowest BCUT2D eigenvalue weighted by Crippen LogP contribution is -2.35. The molecular weight excluding hydrogens is 321 g/mol. The summed E-state index contributed by atoms with van der Waals surface area (Å²) in [4.78, 5) is 12.9. The van der Waals surface area contributed by atoms with Crippen molar-refractivity contribution >= 4 is 0 Å². The maximum absolute atomic E-state index is 12.7. The Balaban J connectivity index is 1.66. The van der Waals surface area contributed by atoms with Crippen molar-refractivity contribution in [2.75, 3.05) is 13.1 Å². The maximum atomic E-state index is 12.7. The minimum absolute atomic E-state index is 0.0163. The molecule has 1 aliphatic rings. The van der Waals surface area contributed by atoms with Crippen LogP contribution in [0.2, 0.25) is 0 Å². The van der Waals surface area contributed by atoms with E-state index < -0.39 is 11.9 Å². The number of nitrogens with zero attached hydrogens (tertiary/aromatic N) is 5. The van der Waals surface area contributed by atoms with Gasteiger partial charge in [-0.15, -0.1) is 0 Å². The Labute approximate surface area is 138 Å². The molecule has 1 fully saturated rings. The second-order valence-electron chi connectivity index (χ2n) is 6.15. The molecule has 0 aromatic carbocycles. The number of aromatic amines is 1. The monoisotopic (exact) mass is 342 g/mol. The van der Waals surface area contributed by atoms with E-state index in [1.54, 1.807) is 6.33 Å². The minimum Gasteiger partial charge on any atom is -0.338 e. The van der Waals surface area contributed by atoms with Gasteiger partial charge in [0.25, 0.3) is 0 Å². The Bertz CT molecular complexity index is 662. The molecule has 0 bridgehead atoms. The van der Waals surface area contributed by atoms with Crippen molar-refractivity contribution in [3.8, 4) is 0 Å². The Morgan fingerprint density at radius 2 is 2.17 bits per heavy atom. The number of likely N-dealkylation sites (tertiary alicyclic amines) is 1. The molecule has 3 rings (SSSR count). The number of piperidine rings is 1. The fourth-order valence-electron chi connectivity index (χ4n) is 3.12. The van der Waals surface area contributed by atoms with Crippen LogP contribution in [0.5, 0.6) is 0 Å². The summed E-state index contributed by atoms with van der Waals surface area (Å²) in [7, 11) is 0. The van der Waals surface area contributed by atoms with Crippen LogP contribution in [0.4, 0.5) is 13.2 Å². The van der Waals surface area contributed by atoms with Gasteiger partial charge in [0.2, 0.25) is 0 Å². The molecule has 0 radical (unpaired) electrons. The molecule has 2 aromatic heterocycles. The SMILES string of the molecule is CCCn1ncnc1CN1CCC[C@@H](c2ncc(C(F)(F)F)[nH]2)C1. The predicted molar refractivity (Wildman–Crippen MR) is 81.2 cm³/mol. The van der Waals surface area contributed by atoms with Crippen LogP contribution >= 0.6 is 0 Å². The van der Waals surface area contributed by atoms with Gasteiger partial charge in [0.15, 0.2) is 0 Å². The second-order valence-corrected chi connectivity index (χ2v) is 6.15. The van der Waals surface area contributed by atoms with Crippen molar-refractivity contribution in [1.82, 2.24) is 29.6 Å². The highest BCUT2D eigenvalue weighted by Gasteiger charge is 2.34. The summed E-state index contributed by atoms with van der Waals surface area (Å²) in [5, 5.41) is 4.21. The summed E-state index contributed by atoms with van der Waals surface area (Å²) in [6, 6.07) is 0. The molecule has 0 spiro atoms. The van der Waals surface area contributed by atoms with E-state index in [4.69, 9.17) is 0 Å². The number of nitrogens with one attached hydrogen (secondary N) is 1. The van der Waals surface area contributed by atoms with E-state index in [1.165, 1.54) is 0 Å². The summed E-state index contributed by atoms with van der Waals surface area (Å²) < 4.78 is 40.0. The van der Waals surface area contributed by atoms with Crippen LogP contribution < -0.4 is 0 Å². The summed E-state index contributed by atoms with van der Waals surface area (Å²) in [6.45, 7) is 5.13. The van der Waals surface area contributed by atoms with E-state index in [0.717, 1.165) is 44.4 Å². The number of H-pyrrole nitrogens is 1. The zero-order valence-corrected chi connectivity index (χ0v) is 13.6. The molecule has 0 amide bonds. The third-order valence-corrected chi connectivity index (χ3v) is 4.29. The van der Waals surface area contributed by atoms with Gasteiger partial charge in [-0.25, -0.2) is 14.6 Å². The van der Waals surface area contributed by atoms with E-state index in [1.807, 2.05) is 4.68 Å². The summed E-state index contributed by atoms with van der Waals surface area (Å²) in [6.07, 6.45) is 0.792. The van der Waals surface area contributed by atoms with E-state index in [9.17, 15) is 13.2 Å². The van der Waals surface area contributed by atoms with E-state index in [0.29, 0.717) is 18.9 Å². The third-order valence-electron chi connectivity index (χ3n) is 4.29. The van der Waals surface area contributed by atoms with Crippen LogP contribution in [-0.4, -0.2) is 42.7 Å². The average molecular weight is 342 g/mol. The van der Waals surface area contributed by atoms with Crippen molar-refractivity contribution < 1.29 is 13.2 Å². The number of halogens is 3. The molecule has 24 heavy (non-hydrogen) atoms. The van der Waals surface area contributed by atoms with Gasteiger partial charge in [-0.2, -0.15) is 18.3 Å². The number of alkyl halides is 3. The van der Waals surface area contributed by atoms with Gasteiger partial charge in [0, 0.05) is 19.0 Å². The molecular formula is C15H21F3N6. The number of imidazole rings is 1. The maximum Gasteiger partial charge on any atom is 0.432 e. The normalized spacial score (nSPS) is 19.8. The smallest absolute Gasteiger partial charge is 0.338 e. The van der Waals surface area contributed by atoms with Gasteiger partial charge in [0.1, 0.15) is 23.7 Å². The number of hydrogen-bond donors (Lipinski definition) is 1. The molecule has 1 N–H and O–H groups in total. The van der Waals surface area contributed by atoms with Crippen LogP contribution in [0, 0.1) is 0 Å². The lowest BCUT2D eigenvalue weighted by Gasteiger charge is -2.31. The first-order chi connectivity index (χ1) is 11.5. The quantitative estimate of drug-likeness (QED) is 0.908. The van der Waals surface area contributed by atoms with Crippen LogP contribution in [0.1, 0.15) is 49.4 Å². The fourth-order valence-corrected chi connectivity index (χ4v) is 3.12. The first-order valence-electron chi connectivity index (χ1n) is 8.18. The van der Waals surface area contributed by atoms with Crippen molar-refractivity contribution in [3.05, 3.63) is 29.9 Å². The highest BCUT2D eigenvalue weighted by atomic mass is 19.4. The molecule has 0 aliphatic carbocycles. The molecule has 1 saturated heterocycles. The van der Waals surface area contributed by atoms with Crippen molar-refractivity contribution in [1.29, 1.82) is 0 Å². The fraction of sp³-hybridized carbons (Fsp3) is 0.667. The Morgan fingerprint density at radius 3 is 2.88 bits per heavy atom. The first kappa shape index (κ1) is 16.9. The van der Waals surface area contributed by atoms with E-state index in [2.05, 4.69) is 31.9 Å². The topological polar surface area (TPSA) is 62.6 Å².